The molecule has 0 N–H and O–H groups in total. The van der Waals surface area contributed by atoms with Gasteiger partial charge < -0.3 is 0 Å². The average Bonchev–Trinajstić information content (AvgIpc) is 3.35. The van der Waals surface area contributed by atoms with Crippen molar-refractivity contribution in [2.45, 2.75) is 0 Å². The summed E-state index contributed by atoms with van der Waals surface area (Å²) in [5.74, 6) is 0. The molecule has 0 saturated heterocycles. The van der Waals surface area contributed by atoms with Crippen molar-refractivity contribution in [2.75, 3.05) is 0 Å². The first-order chi connectivity index (χ1) is 15.4. The van der Waals surface area contributed by atoms with Gasteiger partial charge in [0.2, 0.25) is 0 Å². The summed E-state index contributed by atoms with van der Waals surface area (Å²) in [5.41, 5.74) is 9.28. The number of aromatic nitrogens is 2. The Hall–Kier alpha value is -4.17. The van der Waals surface area contributed by atoms with E-state index in [1.807, 2.05) is 12.4 Å². The van der Waals surface area contributed by atoms with E-state index < -0.39 is 0 Å². The number of para-hydroxylation sites is 1. The number of fused-ring (bicyclic) bond motifs is 3. The van der Waals surface area contributed by atoms with E-state index in [9.17, 15) is 0 Å². The third-order valence-corrected chi connectivity index (χ3v) is 5.84. The molecule has 2 nitrogen and oxygen atoms in total. The third kappa shape index (κ3) is 3.10. The van der Waals surface area contributed by atoms with Crippen LogP contribution in [0.25, 0.3) is 49.9 Å². The molecule has 0 aliphatic carbocycles. The van der Waals surface area contributed by atoms with Crippen molar-refractivity contribution >= 4 is 16.6 Å². The van der Waals surface area contributed by atoms with Gasteiger partial charge in [-0.3, -0.25) is 4.40 Å². The quantitative estimate of drug-likeness (QED) is 0.303. The zero-order valence-electron chi connectivity index (χ0n) is 16.9. The van der Waals surface area contributed by atoms with E-state index in [2.05, 4.69) is 114 Å². The molecule has 4 aromatic carbocycles. The maximum Gasteiger partial charge on any atom is 0.145 e. The van der Waals surface area contributed by atoms with E-state index in [-0.39, 0.29) is 0 Å². The van der Waals surface area contributed by atoms with E-state index in [1.165, 1.54) is 38.7 Å². The highest BCUT2D eigenvalue weighted by Crippen LogP contribution is 2.35. The Labute approximate surface area is 181 Å². The highest BCUT2D eigenvalue weighted by Gasteiger charge is 2.13. The molecule has 2 heteroatoms. The topological polar surface area (TPSA) is 17.3 Å². The fourth-order valence-electron chi connectivity index (χ4n) is 4.34. The van der Waals surface area contributed by atoms with Crippen molar-refractivity contribution in [3.8, 4) is 33.4 Å². The summed E-state index contributed by atoms with van der Waals surface area (Å²) in [4.78, 5) is 4.71. The molecule has 0 saturated carbocycles. The van der Waals surface area contributed by atoms with E-state index >= 15 is 0 Å². The van der Waals surface area contributed by atoms with Gasteiger partial charge in [0.05, 0.1) is 5.52 Å². The molecule has 0 bridgehead atoms. The Kier molecular flexibility index (Phi) is 4.14. The first-order valence-corrected chi connectivity index (χ1v) is 10.5. The minimum atomic E-state index is 0.975. The lowest BCUT2D eigenvalue weighted by Crippen LogP contribution is -1.92. The van der Waals surface area contributed by atoms with Crippen LogP contribution in [0.5, 0.6) is 0 Å². The van der Waals surface area contributed by atoms with Crippen LogP contribution in [0.1, 0.15) is 0 Å². The predicted octanol–water partition coefficient (Wildman–Crippen LogP) is 7.49. The molecule has 0 fully saturated rings. The molecule has 0 spiro atoms. The summed E-state index contributed by atoms with van der Waals surface area (Å²) >= 11 is 0. The molecular formula is C29H20N2. The van der Waals surface area contributed by atoms with Gasteiger partial charge in [-0.2, -0.15) is 0 Å². The summed E-state index contributed by atoms with van der Waals surface area (Å²) in [7, 11) is 0. The first kappa shape index (κ1) is 17.7. The van der Waals surface area contributed by atoms with Gasteiger partial charge in [0.15, 0.2) is 0 Å². The van der Waals surface area contributed by atoms with Gasteiger partial charge in [-0.05, 0) is 63.5 Å². The Morgan fingerprint density at radius 3 is 1.77 bits per heavy atom. The number of imidazole rings is 1. The molecule has 0 atom stereocenters. The molecule has 0 unspecified atom stereocenters. The van der Waals surface area contributed by atoms with E-state index in [1.54, 1.807) is 0 Å². The Morgan fingerprint density at radius 2 is 1.10 bits per heavy atom. The standard InChI is InChI=1S/C29H20N2/c1-3-9-21(10-4-1)24-17-25(22-11-5-2-6-12-22)19-26(18-24)27-20-23-13-7-8-14-28(23)31-16-15-30-29(27)31/h1-20H. The number of pyridine rings is 1. The van der Waals surface area contributed by atoms with Gasteiger partial charge in [-0.1, -0.05) is 78.9 Å². The number of rotatable bonds is 3. The zero-order valence-corrected chi connectivity index (χ0v) is 16.9. The molecule has 0 radical (unpaired) electrons. The summed E-state index contributed by atoms with van der Waals surface area (Å²) in [6, 6.07) is 38.7. The van der Waals surface area contributed by atoms with Gasteiger partial charge in [-0.15, -0.1) is 0 Å². The maximum atomic E-state index is 4.71. The first-order valence-electron chi connectivity index (χ1n) is 10.5. The van der Waals surface area contributed by atoms with Crippen molar-refractivity contribution in [3.63, 3.8) is 0 Å². The lowest BCUT2D eigenvalue weighted by atomic mass is 9.93. The molecule has 6 aromatic rings. The maximum absolute atomic E-state index is 4.71. The van der Waals surface area contributed by atoms with Crippen molar-refractivity contribution in [1.29, 1.82) is 0 Å². The van der Waals surface area contributed by atoms with Crippen LogP contribution >= 0.6 is 0 Å². The second kappa shape index (κ2) is 7.26. The average molecular weight is 396 g/mol. The molecule has 31 heavy (non-hydrogen) atoms. The second-order valence-corrected chi connectivity index (χ2v) is 7.77. The van der Waals surface area contributed by atoms with Crippen LogP contribution in [0.3, 0.4) is 0 Å². The Balaban J connectivity index is 1.66. The van der Waals surface area contributed by atoms with Crippen molar-refractivity contribution in [3.05, 3.63) is 122 Å². The molecule has 0 aliphatic heterocycles. The number of hydrogen-bond acceptors (Lipinski definition) is 1. The smallest absolute Gasteiger partial charge is 0.145 e. The molecule has 146 valence electrons. The summed E-state index contributed by atoms with van der Waals surface area (Å²) in [6.07, 6.45) is 3.92. The number of benzene rings is 4. The van der Waals surface area contributed by atoms with Crippen molar-refractivity contribution < 1.29 is 0 Å². The highest BCUT2D eigenvalue weighted by molar-refractivity contribution is 5.93. The van der Waals surface area contributed by atoms with Gasteiger partial charge in [0, 0.05) is 18.0 Å². The Bertz CT molecular complexity index is 1460. The van der Waals surface area contributed by atoms with E-state index in [0.717, 1.165) is 11.2 Å². The second-order valence-electron chi connectivity index (χ2n) is 7.77. The van der Waals surface area contributed by atoms with Gasteiger partial charge in [0.25, 0.3) is 0 Å². The van der Waals surface area contributed by atoms with Crippen molar-refractivity contribution in [2.24, 2.45) is 0 Å². The number of hydrogen-bond donors (Lipinski definition) is 0. The fraction of sp³-hybridized carbons (Fsp3) is 0. The fourth-order valence-corrected chi connectivity index (χ4v) is 4.34. The van der Waals surface area contributed by atoms with Gasteiger partial charge in [-0.25, -0.2) is 4.98 Å². The van der Waals surface area contributed by atoms with Crippen molar-refractivity contribution in [1.82, 2.24) is 9.38 Å². The van der Waals surface area contributed by atoms with Gasteiger partial charge >= 0.3 is 0 Å². The van der Waals surface area contributed by atoms with Crippen LogP contribution in [0, 0.1) is 0 Å². The van der Waals surface area contributed by atoms with Gasteiger partial charge in [0.1, 0.15) is 5.65 Å². The largest absolute Gasteiger partial charge is 0.299 e. The van der Waals surface area contributed by atoms with Crippen LogP contribution in [-0.2, 0) is 0 Å². The molecular weight excluding hydrogens is 376 g/mol. The van der Waals surface area contributed by atoms with Crippen LogP contribution < -0.4 is 0 Å². The van der Waals surface area contributed by atoms with Crippen LogP contribution in [-0.4, -0.2) is 9.38 Å². The predicted molar refractivity (Wildman–Crippen MR) is 129 cm³/mol. The Morgan fingerprint density at radius 1 is 0.516 bits per heavy atom. The number of nitrogens with zero attached hydrogens (tertiary/aromatic N) is 2. The molecule has 0 aliphatic rings. The lowest BCUT2D eigenvalue weighted by molar-refractivity contribution is 1.26. The molecule has 2 aromatic heterocycles. The SMILES string of the molecule is c1ccc(-c2cc(-c3ccccc3)cc(-c3cc4ccccc4n4ccnc34)c2)cc1. The van der Waals surface area contributed by atoms with E-state index in [4.69, 9.17) is 4.98 Å². The van der Waals surface area contributed by atoms with Crippen LogP contribution in [0.15, 0.2) is 122 Å². The summed E-state index contributed by atoms with van der Waals surface area (Å²) in [6.45, 7) is 0. The minimum Gasteiger partial charge on any atom is -0.299 e. The third-order valence-electron chi connectivity index (χ3n) is 5.84. The normalized spacial score (nSPS) is 11.2. The molecule has 0 amide bonds. The van der Waals surface area contributed by atoms with E-state index in [0.29, 0.717) is 0 Å². The monoisotopic (exact) mass is 396 g/mol. The lowest BCUT2D eigenvalue weighted by Gasteiger charge is -2.13. The highest BCUT2D eigenvalue weighted by atomic mass is 15.0. The summed E-state index contributed by atoms with van der Waals surface area (Å²) < 4.78 is 2.18. The molecule has 2 heterocycles. The molecule has 6 rings (SSSR count). The zero-order chi connectivity index (χ0) is 20.6. The summed E-state index contributed by atoms with van der Waals surface area (Å²) in [5, 5.41) is 1.20. The minimum absolute atomic E-state index is 0.975. The van der Waals surface area contributed by atoms with Crippen LogP contribution in [0.2, 0.25) is 0 Å². The van der Waals surface area contributed by atoms with Crippen LogP contribution in [0.4, 0.5) is 0 Å².